The quantitative estimate of drug-likeness (QED) is 0.405. The molecule has 3 aromatic heterocycles. The fourth-order valence-corrected chi connectivity index (χ4v) is 5.72. The summed E-state index contributed by atoms with van der Waals surface area (Å²) in [6.45, 7) is 2.50. The van der Waals surface area contributed by atoms with Crippen LogP contribution in [0.15, 0.2) is 47.1 Å². The lowest BCUT2D eigenvalue weighted by atomic mass is 9.86. The topological polar surface area (TPSA) is 88.6 Å². The molecule has 1 N–H and O–H groups in total. The highest BCUT2D eigenvalue weighted by Gasteiger charge is 2.30. The number of rotatable bonds is 5. The van der Waals surface area contributed by atoms with Crippen molar-refractivity contribution in [1.29, 1.82) is 0 Å². The molecular weight excluding hydrogens is 478 g/mol. The standard InChI is InChI=1S/C27H28F2N6O2/c1-16-32-33-27(37-16)17-4-7-19(8-5-17)31-26(36)22-15-30-35-12-10-20(14-25(22)35)34-11-2-3-24(34)21-13-18(28)6-9-23(21)29/h6,9-10,12-15,17,19,24H,2-5,7-8,11H2,1H3,(H,31,36). The lowest BCUT2D eigenvalue weighted by Gasteiger charge is -2.28. The Morgan fingerprint density at radius 1 is 1.08 bits per heavy atom. The molecule has 2 aliphatic rings. The van der Waals surface area contributed by atoms with Crippen LogP contribution in [0, 0.1) is 18.6 Å². The van der Waals surface area contributed by atoms with E-state index >= 15 is 0 Å². The number of fused-ring (bicyclic) bond motifs is 1. The van der Waals surface area contributed by atoms with E-state index in [1.807, 2.05) is 12.1 Å². The number of aryl methyl sites for hydroxylation is 1. The number of amides is 1. The first-order chi connectivity index (χ1) is 18.0. The second-order valence-electron chi connectivity index (χ2n) is 9.97. The van der Waals surface area contributed by atoms with E-state index < -0.39 is 11.6 Å². The number of hydrogen-bond donors (Lipinski definition) is 1. The third kappa shape index (κ3) is 4.56. The average molecular weight is 507 g/mol. The molecule has 1 atom stereocenters. The Kier molecular flexibility index (Phi) is 6.10. The molecular formula is C27H28F2N6O2. The second kappa shape index (κ2) is 9.57. The molecule has 0 bridgehead atoms. The van der Waals surface area contributed by atoms with Crippen LogP contribution in [0.1, 0.15) is 78.2 Å². The zero-order valence-corrected chi connectivity index (χ0v) is 20.5. The van der Waals surface area contributed by atoms with Crippen LogP contribution in [0.5, 0.6) is 0 Å². The second-order valence-corrected chi connectivity index (χ2v) is 9.97. The third-order valence-corrected chi connectivity index (χ3v) is 7.60. The fourth-order valence-electron chi connectivity index (χ4n) is 5.72. The Hall–Kier alpha value is -3.82. The molecule has 192 valence electrons. The van der Waals surface area contributed by atoms with Gasteiger partial charge in [-0.05, 0) is 68.9 Å². The molecule has 2 fully saturated rings. The van der Waals surface area contributed by atoms with E-state index in [0.717, 1.165) is 56.8 Å². The number of aromatic nitrogens is 4. The minimum absolute atomic E-state index is 0.0600. The van der Waals surface area contributed by atoms with Gasteiger partial charge in [0.25, 0.3) is 5.91 Å². The van der Waals surface area contributed by atoms with E-state index in [-0.39, 0.29) is 23.9 Å². The predicted octanol–water partition coefficient (Wildman–Crippen LogP) is 5.10. The summed E-state index contributed by atoms with van der Waals surface area (Å²) in [6.07, 6.45) is 8.38. The molecule has 1 amide bonds. The molecule has 1 unspecified atom stereocenters. The Bertz CT molecular complexity index is 1440. The van der Waals surface area contributed by atoms with Gasteiger partial charge in [0.05, 0.1) is 23.3 Å². The summed E-state index contributed by atoms with van der Waals surface area (Å²) in [5.41, 5.74) is 2.37. The summed E-state index contributed by atoms with van der Waals surface area (Å²) in [5.74, 6) is 0.445. The largest absolute Gasteiger partial charge is 0.425 e. The van der Waals surface area contributed by atoms with Crippen molar-refractivity contribution in [2.45, 2.75) is 63.5 Å². The maximum absolute atomic E-state index is 14.6. The van der Waals surface area contributed by atoms with Crippen LogP contribution < -0.4 is 10.2 Å². The van der Waals surface area contributed by atoms with E-state index in [2.05, 4.69) is 25.5 Å². The van der Waals surface area contributed by atoms with Crippen molar-refractivity contribution in [3.05, 3.63) is 77.3 Å². The molecule has 1 aromatic carbocycles. The minimum Gasteiger partial charge on any atom is -0.425 e. The fraction of sp³-hybridized carbons (Fsp3) is 0.407. The van der Waals surface area contributed by atoms with E-state index in [0.29, 0.717) is 28.4 Å². The summed E-state index contributed by atoms with van der Waals surface area (Å²) in [7, 11) is 0. The first kappa shape index (κ1) is 23.6. The number of nitrogens with one attached hydrogen (secondary N) is 1. The van der Waals surface area contributed by atoms with Gasteiger partial charge < -0.3 is 14.6 Å². The van der Waals surface area contributed by atoms with Crippen molar-refractivity contribution in [2.75, 3.05) is 11.4 Å². The molecule has 1 aliphatic carbocycles. The first-order valence-corrected chi connectivity index (χ1v) is 12.8. The van der Waals surface area contributed by atoms with Crippen molar-refractivity contribution in [3.8, 4) is 0 Å². The van der Waals surface area contributed by atoms with Gasteiger partial charge in [0.2, 0.25) is 11.8 Å². The van der Waals surface area contributed by atoms with Gasteiger partial charge >= 0.3 is 0 Å². The number of carbonyl (C=O) groups is 1. The molecule has 37 heavy (non-hydrogen) atoms. The zero-order valence-electron chi connectivity index (χ0n) is 20.5. The van der Waals surface area contributed by atoms with Crippen LogP contribution >= 0.6 is 0 Å². The van der Waals surface area contributed by atoms with E-state index in [9.17, 15) is 13.6 Å². The normalized spacial score (nSPS) is 22.0. The molecule has 10 heteroatoms. The van der Waals surface area contributed by atoms with Crippen LogP contribution in [0.25, 0.3) is 5.52 Å². The van der Waals surface area contributed by atoms with Crippen molar-refractivity contribution >= 4 is 17.1 Å². The number of carbonyl (C=O) groups excluding carboxylic acids is 1. The van der Waals surface area contributed by atoms with Crippen LogP contribution in [0.3, 0.4) is 0 Å². The zero-order chi connectivity index (χ0) is 25.5. The molecule has 1 aliphatic heterocycles. The summed E-state index contributed by atoms with van der Waals surface area (Å²) < 4.78 is 35.7. The highest BCUT2D eigenvalue weighted by molar-refractivity contribution is 6.01. The Morgan fingerprint density at radius 3 is 2.70 bits per heavy atom. The monoisotopic (exact) mass is 506 g/mol. The van der Waals surface area contributed by atoms with E-state index in [1.54, 1.807) is 23.8 Å². The molecule has 8 nitrogen and oxygen atoms in total. The molecule has 1 saturated heterocycles. The van der Waals surface area contributed by atoms with Crippen molar-refractivity contribution in [2.24, 2.45) is 0 Å². The minimum atomic E-state index is -0.449. The van der Waals surface area contributed by atoms with E-state index in [1.165, 1.54) is 12.1 Å². The molecule has 4 aromatic rings. The summed E-state index contributed by atoms with van der Waals surface area (Å²) in [5, 5.41) is 15.6. The van der Waals surface area contributed by atoms with Gasteiger partial charge in [0.15, 0.2) is 0 Å². The summed E-state index contributed by atoms with van der Waals surface area (Å²) in [4.78, 5) is 15.3. The molecule has 1 saturated carbocycles. The Labute approximate surface area is 212 Å². The van der Waals surface area contributed by atoms with Gasteiger partial charge in [-0.2, -0.15) is 5.10 Å². The molecule has 0 spiro atoms. The average Bonchev–Trinajstić information content (AvgIpc) is 3.65. The summed E-state index contributed by atoms with van der Waals surface area (Å²) >= 11 is 0. The predicted molar refractivity (Wildman–Crippen MR) is 132 cm³/mol. The Morgan fingerprint density at radius 2 is 1.92 bits per heavy atom. The van der Waals surface area contributed by atoms with Crippen molar-refractivity contribution in [1.82, 2.24) is 25.1 Å². The third-order valence-electron chi connectivity index (χ3n) is 7.60. The van der Waals surface area contributed by atoms with E-state index in [4.69, 9.17) is 4.42 Å². The van der Waals surface area contributed by atoms with Gasteiger partial charge in [-0.1, -0.05) is 0 Å². The lowest BCUT2D eigenvalue weighted by molar-refractivity contribution is 0.0926. The van der Waals surface area contributed by atoms with Crippen LogP contribution in [0.2, 0.25) is 0 Å². The number of pyridine rings is 1. The summed E-state index contributed by atoms with van der Waals surface area (Å²) in [6, 6.07) is 7.20. The van der Waals surface area contributed by atoms with Crippen LogP contribution in [-0.2, 0) is 0 Å². The van der Waals surface area contributed by atoms with Crippen molar-refractivity contribution in [3.63, 3.8) is 0 Å². The maximum Gasteiger partial charge on any atom is 0.255 e. The smallest absolute Gasteiger partial charge is 0.255 e. The van der Waals surface area contributed by atoms with Crippen LogP contribution in [-0.4, -0.2) is 38.3 Å². The molecule has 6 rings (SSSR count). The van der Waals surface area contributed by atoms with Crippen LogP contribution in [0.4, 0.5) is 14.5 Å². The van der Waals surface area contributed by atoms with Gasteiger partial charge in [-0.15, -0.1) is 10.2 Å². The highest BCUT2D eigenvalue weighted by atomic mass is 19.1. The van der Waals surface area contributed by atoms with Gasteiger partial charge in [-0.25, -0.2) is 13.3 Å². The number of halogens is 2. The SMILES string of the molecule is Cc1nnc(C2CCC(NC(=O)c3cnn4ccc(N5CCCC5c5cc(F)ccc5F)cc34)CC2)o1. The first-order valence-electron chi connectivity index (χ1n) is 12.8. The number of anilines is 1. The lowest BCUT2D eigenvalue weighted by Crippen LogP contribution is -2.37. The van der Waals surface area contributed by atoms with Gasteiger partial charge in [-0.3, -0.25) is 4.79 Å². The molecule has 0 radical (unpaired) electrons. The highest BCUT2D eigenvalue weighted by Crippen LogP contribution is 2.38. The number of nitrogens with zero attached hydrogens (tertiary/aromatic N) is 5. The van der Waals surface area contributed by atoms with Gasteiger partial charge in [0, 0.05) is 42.9 Å². The maximum atomic E-state index is 14.6. The Balaban J connectivity index is 1.18. The number of hydrogen-bond acceptors (Lipinski definition) is 6. The number of benzene rings is 1. The molecule has 4 heterocycles. The van der Waals surface area contributed by atoms with Gasteiger partial charge in [0.1, 0.15) is 11.6 Å². The van der Waals surface area contributed by atoms with Crippen molar-refractivity contribution < 1.29 is 18.0 Å².